The van der Waals surface area contributed by atoms with Crippen LogP contribution >= 0.6 is 23.2 Å². The van der Waals surface area contributed by atoms with E-state index in [1.807, 2.05) is 39.9 Å². The number of benzene rings is 3. The lowest BCUT2D eigenvalue weighted by atomic mass is 9.92. The summed E-state index contributed by atoms with van der Waals surface area (Å²) in [5.74, 6) is 1.21. The van der Waals surface area contributed by atoms with Gasteiger partial charge in [-0.2, -0.15) is 13.9 Å². The Bertz CT molecular complexity index is 1630. The average Bonchev–Trinajstić information content (AvgIpc) is 3.33. The summed E-state index contributed by atoms with van der Waals surface area (Å²) in [6.45, 7) is -0.759. The largest absolute Gasteiger partial charge is 0.435 e. The second-order valence-electron chi connectivity index (χ2n) is 9.48. The van der Waals surface area contributed by atoms with Crippen molar-refractivity contribution >= 4 is 34.9 Å². The maximum absolute atomic E-state index is 12.9. The van der Waals surface area contributed by atoms with E-state index in [1.165, 1.54) is 17.7 Å². The minimum Gasteiger partial charge on any atom is -0.435 e. The highest BCUT2D eigenvalue weighted by molar-refractivity contribution is 6.45. The van der Waals surface area contributed by atoms with Crippen LogP contribution in [0, 0.1) is 0 Å². The van der Waals surface area contributed by atoms with Crippen molar-refractivity contribution in [2.75, 3.05) is 0 Å². The second-order valence-corrected chi connectivity index (χ2v) is 10.3. The average molecular weight is 577 g/mol. The van der Waals surface area contributed by atoms with Crippen molar-refractivity contribution in [3.63, 3.8) is 0 Å². The van der Waals surface area contributed by atoms with Gasteiger partial charge in [0.25, 0.3) is 0 Å². The summed E-state index contributed by atoms with van der Waals surface area (Å²) in [6.07, 6.45) is 5.47. The Labute approximate surface area is 240 Å². The predicted molar refractivity (Wildman–Crippen MR) is 155 cm³/mol. The van der Waals surface area contributed by atoms with Crippen LogP contribution < -0.4 is 4.74 Å². The fraction of sp³-hybridized carbons (Fsp3) is 0.161. The van der Waals surface area contributed by atoms with Crippen LogP contribution in [0.2, 0.25) is 0 Å². The van der Waals surface area contributed by atoms with Crippen LogP contribution in [-0.4, -0.2) is 27.1 Å². The third-order valence-electron chi connectivity index (χ3n) is 6.83. The highest BCUT2D eigenvalue weighted by Gasteiger charge is 2.39. The molecule has 0 amide bonds. The molecule has 0 fully saturated rings. The molecule has 3 aromatic carbocycles. The van der Waals surface area contributed by atoms with Crippen molar-refractivity contribution in [3.05, 3.63) is 118 Å². The maximum Gasteiger partial charge on any atom is 0.387 e. The Morgan fingerprint density at radius 1 is 0.950 bits per heavy atom. The number of hydrogen-bond donors (Lipinski definition) is 0. The number of halogens is 4. The quantitative estimate of drug-likeness (QED) is 0.221. The Morgan fingerprint density at radius 3 is 2.35 bits per heavy atom. The van der Waals surface area contributed by atoms with Gasteiger partial charge in [0.15, 0.2) is 11.7 Å². The Hall–Kier alpha value is -3.94. The molecule has 40 heavy (non-hydrogen) atoms. The van der Waals surface area contributed by atoms with Crippen LogP contribution in [0.25, 0.3) is 16.9 Å². The number of aliphatic imine (C=N–C) groups is 1. The molecule has 3 heterocycles. The molecule has 0 saturated heterocycles. The minimum atomic E-state index is -2.91. The summed E-state index contributed by atoms with van der Waals surface area (Å²) in [6, 6.07) is 24.3. The summed E-state index contributed by atoms with van der Waals surface area (Å²) >= 11 is 13.2. The fourth-order valence-corrected chi connectivity index (χ4v) is 5.63. The molecule has 0 aliphatic carbocycles. The molecule has 4 aromatic rings. The lowest BCUT2D eigenvalue weighted by Crippen LogP contribution is -2.35. The first kappa shape index (κ1) is 26.3. The third kappa shape index (κ3) is 4.91. The van der Waals surface area contributed by atoms with Crippen LogP contribution in [0.1, 0.15) is 36.1 Å². The van der Waals surface area contributed by atoms with Crippen molar-refractivity contribution in [2.45, 2.75) is 32.4 Å². The van der Waals surface area contributed by atoms with Crippen molar-refractivity contribution in [3.8, 4) is 22.7 Å². The molecule has 2 aliphatic heterocycles. The normalized spacial score (nSPS) is 16.2. The molecule has 0 saturated carbocycles. The van der Waals surface area contributed by atoms with Gasteiger partial charge in [-0.15, -0.1) is 0 Å². The zero-order valence-electron chi connectivity index (χ0n) is 21.4. The first-order valence-corrected chi connectivity index (χ1v) is 13.6. The molecule has 202 valence electrons. The highest BCUT2D eigenvalue weighted by Crippen LogP contribution is 2.48. The molecule has 1 atom stereocenters. The summed E-state index contributed by atoms with van der Waals surface area (Å²) < 4.78 is 32.1. The van der Waals surface area contributed by atoms with E-state index in [-0.39, 0.29) is 5.75 Å². The van der Waals surface area contributed by atoms with Gasteiger partial charge in [-0.05, 0) is 47.9 Å². The summed E-state index contributed by atoms with van der Waals surface area (Å²) in [7, 11) is 0. The number of alkyl halides is 2. The van der Waals surface area contributed by atoms with E-state index in [9.17, 15) is 8.78 Å². The topological polar surface area (TPSA) is 42.6 Å². The third-order valence-corrected chi connectivity index (χ3v) is 7.32. The maximum atomic E-state index is 12.9. The van der Waals surface area contributed by atoms with E-state index >= 15 is 0 Å². The summed E-state index contributed by atoms with van der Waals surface area (Å²) in [5.41, 5.74) is 5.41. The zero-order chi connectivity index (χ0) is 27.8. The number of ether oxygens (including phenoxy) is 1. The number of allylic oxidation sites excluding steroid dienone is 2. The number of aryl methyl sites for hydroxylation is 1. The molecule has 0 spiro atoms. The van der Waals surface area contributed by atoms with E-state index in [4.69, 9.17) is 33.3 Å². The zero-order valence-corrected chi connectivity index (χ0v) is 22.9. The number of rotatable bonds is 7. The van der Waals surface area contributed by atoms with Gasteiger partial charge in [0.05, 0.1) is 27.4 Å². The van der Waals surface area contributed by atoms with Gasteiger partial charge in [-0.1, -0.05) is 91.1 Å². The molecular formula is C31H24Cl2F2N4O. The van der Waals surface area contributed by atoms with Crippen LogP contribution in [0.15, 0.2) is 106 Å². The van der Waals surface area contributed by atoms with Crippen LogP contribution in [-0.2, 0) is 6.42 Å². The molecule has 0 radical (unpaired) electrons. The number of para-hydroxylation sites is 1. The number of nitrogens with zero attached hydrogens (tertiary/aromatic N) is 4. The molecule has 0 unspecified atom stereocenters. The lowest BCUT2D eigenvalue weighted by molar-refractivity contribution is -0.0498. The first-order valence-electron chi connectivity index (χ1n) is 12.9. The van der Waals surface area contributed by atoms with Gasteiger partial charge in [-0.25, -0.2) is 9.67 Å². The minimum absolute atomic E-state index is 0.0699. The highest BCUT2D eigenvalue weighted by atomic mass is 35.5. The SMILES string of the molecule is CCCc1ccc(-c2nn(-c3ccccc3)c3c2[C@H](c2ccc(OC(F)F)cc2)N2C=C(Cl)C=C(Cl)C2=N3)cc1. The molecule has 5 nitrogen and oxygen atoms in total. The van der Waals surface area contributed by atoms with E-state index < -0.39 is 12.7 Å². The van der Waals surface area contributed by atoms with Gasteiger partial charge in [0.2, 0.25) is 0 Å². The van der Waals surface area contributed by atoms with Crippen molar-refractivity contribution in [1.82, 2.24) is 14.7 Å². The Balaban J connectivity index is 1.60. The van der Waals surface area contributed by atoms with Gasteiger partial charge in [-0.3, -0.25) is 0 Å². The predicted octanol–water partition coefficient (Wildman–Crippen LogP) is 8.74. The van der Waals surface area contributed by atoms with E-state index in [0.29, 0.717) is 21.7 Å². The Morgan fingerprint density at radius 2 is 1.68 bits per heavy atom. The molecular weight excluding hydrogens is 553 g/mol. The first-order chi connectivity index (χ1) is 19.4. The Kier molecular flexibility index (Phi) is 7.17. The van der Waals surface area contributed by atoms with Gasteiger partial charge >= 0.3 is 6.61 Å². The second kappa shape index (κ2) is 10.9. The molecule has 0 N–H and O–H groups in total. The van der Waals surface area contributed by atoms with Crippen molar-refractivity contribution < 1.29 is 13.5 Å². The molecule has 0 bridgehead atoms. The van der Waals surface area contributed by atoms with Gasteiger partial charge in [0, 0.05) is 11.8 Å². The van der Waals surface area contributed by atoms with E-state index in [2.05, 4.69) is 35.9 Å². The molecule has 9 heteroatoms. The molecule has 6 rings (SSSR count). The van der Waals surface area contributed by atoms with Crippen LogP contribution in [0.3, 0.4) is 0 Å². The smallest absolute Gasteiger partial charge is 0.387 e. The number of aromatic nitrogens is 2. The number of hydrogen-bond acceptors (Lipinski definition) is 4. The number of fused-ring (bicyclic) bond motifs is 2. The van der Waals surface area contributed by atoms with Crippen LogP contribution in [0.5, 0.6) is 5.75 Å². The van der Waals surface area contributed by atoms with E-state index in [1.54, 1.807) is 24.4 Å². The lowest BCUT2D eigenvalue weighted by Gasteiger charge is -2.37. The van der Waals surface area contributed by atoms with E-state index in [0.717, 1.165) is 40.9 Å². The monoisotopic (exact) mass is 576 g/mol. The molecule has 1 aromatic heterocycles. The van der Waals surface area contributed by atoms with Crippen molar-refractivity contribution in [2.24, 2.45) is 4.99 Å². The fourth-order valence-electron chi connectivity index (χ4n) is 5.11. The standard InChI is InChI=1S/C31H24Cl2F2N4O/c1-2-6-19-9-11-20(12-10-19)27-26-28(21-13-15-24(16-14-21)40-31(34)35)38-18-22(32)17-25(33)29(38)36-30(26)39(37-27)23-7-4-3-5-8-23/h3-5,7-18,28,31H,2,6H2,1H3/t28-/m0/s1. The number of amidine groups is 1. The van der Waals surface area contributed by atoms with Crippen molar-refractivity contribution in [1.29, 1.82) is 0 Å². The molecule has 2 aliphatic rings. The summed E-state index contributed by atoms with van der Waals surface area (Å²) in [5, 5.41) is 5.91. The van der Waals surface area contributed by atoms with Gasteiger partial charge in [0.1, 0.15) is 11.4 Å². The van der Waals surface area contributed by atoms with Crippen LogP contribution in [0.4, 0.5) is 14.6 Å². The van der Waals surface area contributed by atoms with Gasteiger partial charge < -0.3 is 9.64 Å². The summed E-state index contributed by atoms with van der Waals surface area (Å²) in [4.78, 5) is 6.91.